The highest BCUT2D eigenvalue weighted by Crippen LogP contribution is 2.16. The first-order chi connectivity index (χ1) is 33.5. The van der Waals surface area contributed by atoms with E-state index in [4.69, 9.17) is 14.2 Å². The smallest absolute Gasteiger partial charge is 0.306 e. The fraction of sp³-hybridized carbons (Fsp3) is 0.661. The summed E-state index contributed by atoms with van der Waals surface area (Å²) >= 11 is 0. The fourth-order valence-corrected chi connectivity index (χ4v) is 7.47. The molecule has 1 unspecified atom stereocenters. The lowest BCUT2D eigenvalue weighted by Gasteiger charge is -2.18. The normalized spacial score (nSPS) is 12.9. The highest BCUT2D eigenvalue weighted by Gasteiger charge is 2.19. The highest BCUT2D eigenvalue weighted by molar-refractivity contribution is 5.71. The van der Waals surface area contributed by atoms with Gasteiger partial charge in [-0.1, -0.05) is 259 Å². The van der Waals surface area contributed by atoms with Gasteiger partial charge in [0, 0.05) is 19.3 Å². The molecule has 6 nitrogen and oxygen atoms in total. The minimum absolute atomic E-state index is 0.112. The topological polar surface area (TPSA) is 78.9 Å². The summed E-state index contributed by atoms with van der Waals surface area (Å²) in [7, 11) is 0. The van der Waals surface area contributed by atoms with Crippen LogP contribution < -0.4 is 0 Å². The van der Waals surface area contributed by atoms with Crippen LogP contribution in [0.2, 0.25) is 0 Å². The average molecular weight is 943 g/mol. The van der Waals surface area contributed by atoms with Crippen LogP contribution in [0, 0.1) is 0 Å². The Labute approximate surface area is 419 Å². The van der Waals surface area contributed by atoms with Gasteiger partial charge in [0.15, 0.2) is 6.10 Å². The van der Waals surface area contributed by atoms with Crippen LogP contribution in [0.25, 0.3) is 0 Å². The molecule has 0 bridgehead atoms. The van der Waals surface area contributed by atoms with Crippen molar-refractivity contribution in [1.82, 2.24) is 0 Å². The van der Waals surface area contributed by atoms with E-state index in [1.807, 2.05) is 6.08 Å². The Bertz CT molecular complexity index is 1410. The number of rotatable bonds is 49. The van der Waals surface area contributed by atoms with Crippen LogP contribution in [0.1, 0.15) is 245 Å². The molecule has 0 aromatic rings. The zero-order chi connectivity index (χ0) is 49.3. The fourth-order valence-electron chi connectivity index (χ4n) is 7.47. The molecule has 0 amide bonds. The molecule has 0 aliphatic rings. The number of hydrogen-bond donors (Lipinski definition) is 0. The summed E-state index contributed by atoms with van der Waals surface area (Å²) in [5.74, 6) is -1.02. The second-order valence-electron chi connectivity index (χ2n) is 18.1. The lowest BCUT2D eigenvalue weighted by molar-refractivity contribution is -0.166. The number of hydrogen-bond acceptors (Lipinski definition) is 6. The molecule has 6 heteroatoms. The molecule has 1 atom stereocenters. The molecule has 0 spiro atoms. The summed E-state index contributed by atoms with van der Waals surface area (Å²) in [6.45, 7) is 6.32. The molecule has 68 heavy (non-hydrogen) atoms. The summed E-state index contributed by atoms with van der Waals surface area (Å²) < 4.78 is 16.8. The molecule has 0 N–H and O–H groups in total. The molecular formula is C62H102O6. The van der Waals surface area contributed by atoms with Gasteiger partial charge < -0.3 is 14.2 Å². The molecule has 0 aliphatic heterocycles. The van der Waals surface area contributed by atoms with Gasteiger partial charge in [-0.25, -0.2) is 0 Å². The van der Waals surface area contributed by atoms with Gasteiger partial charge in [0.25, 0.3) is 0 Å². The van der Waals surface area contributed by atoms with Gasteiger partial charge in [0.05, 0.1) is 0 Å². The molecule has 0 aliphatic carbocycles. The van der Waals surface area contributed by atoms with E-state index >= 15 is 0 Å². The number of ether oxygens (including phenoxy) is 3. The zero-order valence-corrected chi connectivity index (χ0v) is 44.1. The third-order valence-electron chi connectivity index (χ3n) is 11.6. The monoisotopic (exact) mass is 943 g/mol. The maximum absolute atomic E-state index is 12.8. The number of allylic oxidation sites excluding steroid dienone is 18. The SMILES string of the molecule is CC/C=C/C=C/C=C/CCCCCCCC(=O)OCC(COC(=O)CC/C=C/C/C=C/C/C=C/C/C=C/C/C=C/C/C=C/CC)OC(=O)CCCCCCCCCCCCCCCCCCCC. The van der Waals surface area contributed by atoms with Crippen LogP contribution in [-0.4, -0.2) is 37.2 Å². The summed E-state index contributed by atoms with van der Waals surface area (Å²) in [6.07, 6.45) is 75.2. The number of esters is 3. The van der Waals surface area contributed by atoms with Crippen molar-refractivity contribution in [3.8, 4) is 0 Å². The summed E-state index contributed by atoms with van der Waals surface area (Å²) in [4.78, 5) is 38.1. The summed E-state index contributed by atoms with van der Waals surface area (Å²) in [5, 5.41) is 0. The van der Waals surface area contributed by atoms with Gasteiger partial charge in [0.2, 0.25) is 0 Å². The third-order valence-corrected chi connectivity index (χ3v) is 11.6. The van der Waals surface area contributed by atoms with Crippen molar-refractivity contribution in [1.29, 1.82) is 0 Å². The van der Waals surface area contributed by atoms with E-state index < -0.39 is 6.10 Å². The maximum atomic E-state index is 12.8. The van der Waals surface area contributed by atoms with Crippen LogP contribution in [0.5, 0.6) is 0 Å². The number of carbonyl (C=O) groups is 3. The Morgan fingerprint density at radius 3 is 1.12 bits per heavy atom. The van der Waals surface area contributed by atoms with Crippen molar-refractivity contribution in [2.75, 3.05) is 13.2 Å². The second-order valence-corrected chi connectivity index (χ2v) is 18.1. The Morgan fingerprint density at radius 1 is 0.324 bits per heavy atom. The van der Waals surface area contributed by atoms with Gasteiger partial charge in [-0.05, 0) is 77.0 Å². The third kappa shape index (κ3) is 53.0. The lowest BCUT2D eigenvalue weighted by Crippen LogP contribution is -2.30. The molecule has 0 fully saturated rings. The van der Waals surface area contributed by atoms with Crippen LogP contribution in [0.3, 0.4) is 0 Å². The number of unbranched alkanes of at least 4 members (excludes halogenated alkanes) is 22. The Kier molecular flexibility index (Phi) is 52.4. The molecule has 0 heterocycles. The van der Waals surface area contributed by atoms with Crippen LogP contribution >= 0.6 is 0 Å². The van der Waals surface area contributed by atoms with Crippen LogP contribution in [-0.2, 0) is 28.6 Å². The predicted octanol–water partition coefficient (Wildman–Crippen LogP) is 18.7. The van der Waals surface area contributed by atoms with Gasteiger partial charge >= 0.3 is 17.9 Å². The molecule has 0 saturated carbocycles. The van der Waals surface area contributed by atoms with Crippen molar-refractivity contribution in [2.24, 2.45) is 0 Å². The lowest BCUT2D eigenvalue weighted by atomic mass is 10.0. The van der Waals surface area contributed by atoms with Gasteiger partial charge in [-0.2, -0.15) is 0 Å². The van der Waals surface area contributed by atoms with E-state index in [1.54, 1.807) is 0 Å². The quantitative estimate of drug-likeness (QED) is 0.0199. The minimum atomic E-state index is -0.817. The van der Waals surface area contributed by atoms with Gasteiger partial charge in [0.1, 0.15) is 13.2 Å². The average Bonchev–Trinajstić information content (AvgIpc) is 3.34. The Hall–Kier alpha value is -3.93. The molecular weight excluding hydrogens is 841 g/mol. The molecule has 0 radical (unpaired) electrons. The van der Waals surface area contributed by atoms with Crippen molar-refractivity contribution >= 4 is 17.9 Å². The first kappa shape index (κ1) is 64.1. The maximum Gasteiger partial charge on any atom is 0.306 e. The van der Waals surface area contributed by atoms with Crippen LogP contribution in [0.15, 0.2) is 109 Å². The second kappa shape index (κ2) is 55.7. The zero-order valence-electron chi connectivity index (χ0n) is 44.1. The standard InChI is InChI=1S/C62H102O6/c1-4-7-10-13-16-19-22-25-27-29-31-33-34-37-40-43-46-49-52-55-61(64)67-58-59(57-66-60(63)54-51-48-45-42-39-36-24-21-18-15-12-9-6-3)68-62(65)56-53-50-47-44-41-38-35-32-30-28-26-23-20-17-14-11-8-5-2/h7,9-10,12,15-16,18-19,21,24-25,27,31,33,37,40,46,49,59H,4-6,8,11,13-14,17,20,22-23,26,28-30,32,34-36,38-39,41-45,47-48,50-58H2,1-3H3/b10-7+,12-9+,18-15+,19-16+,24-21+,27-25+,33-31+,40-37+,49-46+. The molecule has 0 rings (SSSR count). The van der Waals surface area contributed by atoms with Crippen LogP contribution in [0.4, 0.5) is 0 Å². The highest BCUT2D eigenvalue weighted by atomic mass is 16.6. The molecule has 0 aromatic carbocycles. The Balaban J connectivity index is 4.50. The van der Waals surface area contributed by atoms with E-state index in [0.29, 0.717) is 19.3 Å². The summed E-state index contributed by atoms with van der Waals surface area (Å²) in [6, 6.07) is 0. The van der Waals surface area contributed by atoms with Crippen molar-refractivity contribution in [2.45, 2.75) is 252 Å². The molecule has 386 valence electrons. The van der Waals surface area contributed by atoms with E-state index in [0.717, 1.165) is 103 Å². The molecule has 0 saturated heterocycles. The molecule has 0 aromatic heterocycles. The van der Waals surface area contributed by atoms with E-state index in [9.17, 15) is 14.4 Å². The Morgan fingerprint density at radius 2 is 0.676 bits per heavy atom. The minimum Gasteiger partial charge on any atom is -0.462 e. The van der Waals surface area contributed by atoms with Crippen molar-refractivity contribution < 1.29 is 28.6 Å². The predicted molar refractivity (Wildman–Crippen MR) is 293 cm³/mol. The summed E-state index contributed by atoms with van der Waals surface area (Å²) in [5.41, 5.74) is 0. The number of carbonyl (C=O) groups excluding carboxylic acids is 3. The first-order valence-corrected chi connectivity index (χ1v) is 27.9. The van der Waals surface area contributed by atoms with E-state index in [1.165, 1.54) is 96.3 Å². The first-order valence-electron chi connectivity index (χ1n) is 27.9. The van der Waals surface area contributed by atoms with E-state index in [-0.39, 0.29) is 37.5 Å². The largest absolute Gasteiger partial charge is 0.462 e. The van der Waals surface area contributed by atoms with E-state index in [2.05, 4.69) is 124 Å². The van der Waals surface area contributed by atoms with Crippen molar-refractivity contribution in [3.63, 3.8) is 0 Å². The van der Waals surface area contributed by atoms with Crippen molar-refractivity contribution in [3.05, 3.63) is 109 Å². The van der Waals surface area contributed by atoms with Gasteiger partial charge in [-0.15, -0.1) is 0 Å². The van der Waals surface area contributed by atoms with Gasteiger partial charge in [-0.3, -0.25) is 14.4 Å².